The van der Waals surface area contributed by atoms with Crippen LogP contribution in [0, 0.1) is 6.92 Å². The molecule has 2 heterocycles. The van der Waals surface area contributed by atoms with Crippen LogP contribution in [0.4, 0.5) is 10.7 Å². The van der Waals surface area contributed by atoms with Crippen LogP contribution in [0.1, 0.15) is 15.9 Å². The zero-order chi connectivity index (χ0) is 22.5. The SMILES string of the molecule is COC(=O)c1c(-c2ccccc2)csc1NC(=O)CN1CCN(c2ccccc2C)CC1. The summed E-state index contributed by atoms with van der Waals surface area (Å²) in [5, 5.41) is 5.35. The summed E-state index contributed by atoms with van der Waals surface area (Å²) >= 11 is 1.34. The molecule has 1 aliphatic rings. The fourth-order valence-electron chi connectivity index (χ4n) is 4.02. The molecular formula is C25H27N3O3S. The van der Waals surface area contributed by atoms with Crippen molar-refractivity contribution in [1.82, 2.24) is 4.90 Å². The lowest BCUT2D eigenvalue weighted by molar-refractivity contribution is -0.117. The zero-order valence-electron chi connectivity index (χ0n) is 18.3. The molecule has 0 aliphatic carbocycles. The molecule has 32 heavy (non-hydrogen) atoms. The summed E-state index contributed by atoms with van der Waals surface area (Å²) in [6, 6.07) is 18.0. The molecule has 4 rings (SSSR count). The predicted octanol–water partition coefficient (Wildman–Crippen LogP) is 4.27. The summed E-state index contributed by atoms with van der Waals surface area (Å²) in [7, 11) is 1.36. The zero-order valence-corrected chi connectivity index (χ0v) is 19.2. The molecule has 0 spiro atoms. The first-order chi connectivity index (χ1) is 15.6. The number of methoxy groups -OCH3 is 1. The second-order valence-corrected chi connectivity index (χ2v) is 8.69. The van der Waals surface area contributed by atoms with Crippen molar-refractivity contribution in [2.75, 3.05) is 50.1 Å². The first-order valence-electron chi connectivity index (χ1n) is 10.6. The Balaban J connectivity index is 1.40. The normalized spacial score (nSPS) is 14.2. The van der Waals surface area contributed by atoms with Gasteiger partial charge in [-0.3, -0.25) is 9.69 Å². The van der Waals surface area contributed by atoms with Crippen LogP contribution in [-0.4, -0.2) is 56.6 Å². The topological polar surface area (TPSA) is 61.9 Å². The largest absolute Gasteiger partial charge is 0.465 e. The molecule has 1 N–H and O–H groups in total. The third kappa shape index (κ3) is 4.84. The molecule has 2 aromatic carbocycles. The Morgan fingerprint density at radius 3 is 2.38 bits per heavy atom. The molecule has 1 fully saturated rings. The van der Waals surface area contributed by atoms with E-state index >= 15 is 0 Å². The number of carbonyl (C=O) groups is 2. The summed E-state index contributed by atoms with van der Waals surface area (Å²) < 4.78 is 4.99. The van der Waals surface area contributed by atoms with E-state index in [1.807, 2.05) is 35.7 Å². The van der Waals surface area contributed by atoms with E-state index < -0.39 is 5.97 Å². The minimum absolute atomic E-state index is 0.124. The fourth-order valence-corrected chi connectivity index (χ4v) is 4.99. The molecule has 166 valence electrons. The Kier molecular flexibility index (Phi) is 6.87. The highest BCUT2D eigenvalue weighted by Crippen LogP contribution is 2.36. The molecule has 0 saturated carbocycles. The van der Waals surface area contributed by atoms with E-state index in [-0.39, 0.29) is 5.91 Å². The molecule has 7 heteroatoms. The van der Waals surface area contributed by atoms with Crippen LogP contribution in [0.3, 0.4) is 0 Å². The van der Waals surface area contributed by atoms with Crippen LogP contribution in [0.25, 0.3) is 11.1 Å². The summed E-state index contributed by atoms with van der Waals surface area (Å²) in [6.45, 7) is 5.79. The maximum absolute atomic E-state index is 12.8. The number of ether oxygens (including phenoxy) is 1. The Morgan fingerprint density at radius 2 is 1.69 bits per heavy atom. The third-order valence-electron chi connectivity index (χ3n) is 5.71. The first kappa shape index (κ1) is 22.0. The number of nitrogens with one attached hydrogen (secondary N) is 1. The van der Waals surface area contributed by atoms with Gasteiger partial charge >= 0.3 is 5.97 Å². The van der Waals surface area contributed by atoms with Crippen LogP contribution in [0.5, 0.6) is 0 Å². The lowest BCUT2D eigenvalue weighted by Gasteiger charge is -2.36. The van der Waals surface area contributed by atoms with Crippen molar-refractivity contribution in [2.24, 2.45) is 0 Å². The second-order valence-electron chi connectivity index (χ2n) is 7.81. The van der Waals surface area contributed by atoms with E-state index in [0.29, 0.717) is 17.1 Å². The van der Waals surface area contributed by atoms with Crippen LogP contribution in [0.2, 0.25) is 0 Å². The van der Waals surface area contributed by atoms with Crippen molar-refractivity contribution in [3.63, 3.8) is 0 Å². The van der Waals surface area contributed by atoms with E-state index in [0.717, 1.165) is 37.3 Å². The highest BCUT2D eigenvalue weighted by molar-refractivity contribution is 7.15. The van der Waals surface area contributed by atoms with Gasteiger partial charge < -0.3 is 15.0 Å². The van der Waals surface area contributed by atoms with E-state index in [9.17, 15) is 9.59 Å². The lowest BCUT2D eigenvalue weighted by atomic mass is 10.0. The Bertz CT molecular complexity index is 1090. The van der Waals surface area contributed by atoms with Crippen LogP contribution < -0.4 is 10.2 Å². The minimum atomic E-state index is -0.452. The summed E-state index contributed by atoms with van der Waals surface area (Å²) in [5.41, 5.74) is 4.61. The van der Waals surface area contributed by atoms with E-state index in [1.54, 1.807) is 0 Å². The molecule has 0 unspecified atom stereocenters. The number of benzene rings is 2. The van der Waals surface area contributed by atoms with Gasteiger partial charge in [0.15, 0.2) is 0 Å². The number of nitrogens with zero attached hydrogens (tertiary/aromatic N) is 2. The van der Waals surface area contributed by atoms with Gasteiger partial charge in [0.05, 0.1) is 13.7 Å². The number of hydrogen-bond acceptors (Lipinski definition) is 6. The Labute approximate surface area is 192 Å². The number of hydrogen-bond donors (Lipinski definition) is 1. The summed E-state index contributed by atoms with van der Waals surface area (Å²) in [5.74, 6) is -0.576. The smallest absolute Gasteiger partial charge is 0.341 e. The standard InChI is InChI=1S/C25H27N3O3S/c1-18-8-6-7-11-21(18)28-14-12-27(13-15-28)16-22(29)26-24-23(25(30)31-2)20(17-32-24)19-9-4-3-5-10-19/h3-11,17H,12-16H2,1-2H3,(H,26,29). The van der Waals surface area contributed by atoms with Gasteiger partial charge in [-0.25, -0.2) is 4.79 Å². The van der Waals surface area contributed by atoms with Gasteiger partial charge in [-0.2, -0.15) is 0 Å². The van der Waals surface area contributed by atoms with Crippen molar-refractivity contribution >= 4 is 33.9 Å². The maximum Gasteiger partial charge on any atom is 0.341 e. The molecule has 0 radical (unpaired) electrons. The third-order valence-corrected chi connectivity index (χ3v) is 6.61. The number of anilines is 2. The number of carbonyl (C=O) groups excluding carboxylic acids is 2. The molecule has 3 aromatic rings. The highest BCUT2D eigenvalue weighted by Gasteiger charge is 2.24. The predicted molar refractivity (Wildman–Crippen MR) is 130 cm³/mol. The van der Waals surface area contributed by atoms with Crippen LogP contribution >= 0.6 is 11.3 Å². The number of rotatable bonds is 6. The molecule has 1 aliphatic heterocycles. The van der Waals surface area contributed by atoms with Gasteiger partial charge in [0.25, 0.3) is 0 Å². The number of piperazine rings is 1. The van der Waals surface area contributed by atoms with Gasteiger partial charge in [-0.05, 0) is 24.1 Å². The van der Waals surface area contributed by atoms with Gasteiger partial charge in [-0.1, -0.05) is 48.5 Å². The Morgan fingerprint density at radius 1 is 1.00 bits per heavy atom. The summed E-state index contributed by atoms with van der Waals surface area (Å²) in [4.78, 5) is 29.8. The molecule has 0 bridgehead atoms. The molecule has 1 saturated heterocycles. The van der Waals surface area contributed by atoms with Crippen molar-refractivity contribution in [2.45, 2.75) is 6.92 Å². The van der Waals surface area contributed by atoms with Crippen molar-refractivity contribution < 1.29 is 14.3 Å². The molecular weight excluding hydrogens is 422 g/mol. The monoisotopic (exact) mass is 449 g/mol. The maximum atomic E-state index is 12.8. The number of aryl methyl sites for hydroxylation is 1. The van der Waals surface area contributed by atoms with Gasteiger partial charge in [-0.15, -0.1) is 11.3 Å². The number of amides is 1. The number of para-hydroxylation sites is 1. The van der Waals surface area contributed by atoms with Crippen LogP contribution in [0.15, 0.2) is 60.0 Å². The number of esters is 1. The van der Waals surface area contributed by atoms with Crippen molar-refractivity contribution in [1.29, 1.82) is 0 Å². The Hall–Kier alpha value is -3.16. The fraction of sp³-hybridized carbons (Fsp3) is 0.280. The van der Waals surface area contributed by atoms with Crippen molar-refractivity contribution in [3.05, 3.63) is 71.1 Å². The highest BCUT2D eigenvalue weighted by atomic mass is 32.1. The minimum Gasteiger partial charge on any atom is -0.465 e. The molecule has 1 amide bonds. The quantitative estimate of drug-likeness (QED) is 0.570. The van der Waals surface area contributed by atoms with Crippen molar-refractivity contribution in [3.8, 4) is 11.1 Å². The molecule has 6 nitrogen and oxygen atoms in total. The van der Waals surface area contributed by atoms with Gasteiger partial charge in [0.2, 0.25) is 5.91 Å². The van der Waals surface area contributed by atoms with E-state index in [4.69, 9.17) is 4.74 Å². The molecule has 0 atom stereocenters. The average molecular weight is 450 g/mol. The second kappa shape index (κ2) is 9.97. The van der Waals surface area contributed by atoms with Gasteiger partial charge in [0, 0.05) is 42.8 Å². The number of thiophene rings is 1. The van der Waals surface area contributed by atoms with Gasteiger partial charge in [0.1, 0.15) is 10.6 Å². The molecule has 1 aromatic heterocycles. The summed E-state index contributed by atoms with van der Waals surface area (Å²) in [6.07, 6.45) is 0. The average Bonchev–Trinajstić information content (AvgIpc) is 3.23. The van der Waals surface area contributed by atoms with E-state index in [1.165, 1.54) is 29.7 Å². The van der Waals surface area contributed by atoms with E-state index in [2.05, 4.69) is 46.3 Å². The lowest BCUT2D eigenvalue weighted by Crippen LogP contribution is -2.48. The first-order valence-corrected chi connectivity index (χ1v) is 11.5. The van der Waals surface area contributed by atoms with Crippen LogP contribution in [-0.2, 0) is 9.53 Å².